The van der Waals surface area contributed by atoms with E-state index in [1.165, 1.54) is 4.57 Å². The summed E-state index contributed by atoms with van der Waals surface area (Å²) < 4.78 is 8.42. The molecule has 2 amide bonds. The number of H-pyrrole nitrogens is 1. The second kappa shape index (κ2) is 10.8. The van der Waals surface area contributed by atoms with Crippen molar-refractivity contribution in [3.8, 4) is 28.6 Å². The molecule has 5 aromatic rings. The predicted molar refractivity (Wildman–Crippen MR) is 161 cm³/mol. The van der Waals surface area contributed by atoms with Gasteiger partial charge in [0.2, 0.25) is 5.91 Å². The third kappa shape index (κ3) is 4.58. The van der Waals surface area contributed by atoms with Gasteiger partial charge in [0.1, 0.15) is 17.1 Å². The van der Waals surface area contributed by atoms with Crippen molar-refractivity contribution in [2.75, 3.05) is 30.0 Å². The molecule has 0 aliphatic carbocycles. The summed E-state index contributed by atoms with van der Waals surface area (Å²) in [6.45, 7) is 1.12. The number of aromatic amines is 1. The highest BCUT2D eigenvalue weighted by Gasteiger charge is 2.35. The minimum Gasteiger partial charge on any atom is -0.497 e. The fourth-order valence-electron chi connectivity index (χ4n) is 5.86. The standard InChI is InChI=1S/C32H29N7O4/c1-43-25-16-14-24(15-17-25)39-29-26(28(35-39)30-33-34-32(42)38(30)23-7-3-2-4-8-23)18-20-37(31(29)41)22-12-10-21(11-13-22)36-19-6-5-9-27(36)40/h2-4,7-8,10-17H,5-6,9,18-20H2,1H3,(H,34,42). The molecule has 0 saturated carbocycles. The van der Waals surface area contributed by atoms with Gasteiger partial charge in [-0.2, -0.15) is 10.2 Å². The van der Waals surface area contributed by atoms with Crippen LogP contribution >= 0.6 is 0 Å². The van der Waals surface area contributed by atoms with Gasteiger partial charge in [-0.25, -0.2) is 19.1 Å². The maximum absolute atomic E-state index is 14.3. The number of hydrogen-bond donors (Lipinski definition) is 1. The molecule has 1 fully saturated rings. The molecular weight excluding hydrogens is 546 g/mol. The summed E-state index contributed by atoms with van der Waals surface area (Å²) in [5, 5.41) is 11.8. The highest BCUT2D eigenvalue weighted by molar-refractivity contribution is 6.08. The first-order valence-electron chi connectivity index (χ1n) is 14.3. The molecule has 1 N–H and O–H groups in total. The Morgan fingerprint density at radius 1 is 0.744 bits per heavy atom. The molecule has 4 heterocycles. The molecule has 0 atom stereocenters. The van der Waals surface area contributed by atoms with Gasteiger partial charge < -0.3 is 14.5 Å². The number of amides is 2. The number of carbonyl (C=O) groups excluding carboxylic acids is 2. The largest absolute Gasteiger partial charge is 0.497 e. The van der Waals surface area contributed by atoms with Crippen LogP contribution in [0.2, 0.25) is 0 Å². The fraction of sp³-hybridized carbons (Fsp3) is 0.219. The van der Waals surface area contributed by atoms with Crippen LogP contribution in [0.3, 0.4) is 0 Å². The normalized spacial score (nSPS) is 15.1. The number of hydrogen-bond acceptors (Lipinski definition) is 6. The van der Waals surface area contributed by atoms with Crippen LogP contribution in [-0.4, -0.2) is 56.6 Å². The number of ether oxygens (including phenoxy) is 1. The molecule has 0 bridgehead atoms. The zero-order valence-electron chi connectivity index (χ0n) is 23.6. The second-order valence-electron chi connectivity index (χ2n) is 10.5. The van der Waals surface area contributed by atoms with E-state index in [0.717, 1.165) is 24.2 Å². The van der Waals surface area contributed by atoms with Gasteiger partial charge >= 0.3 is 5.69 Å². The SMILES string of the molecule is COc1ccc(-n2nc(-c3n[nH]c(=O)n3-c3ccccc3)c3c2C(=O)N(c2ccc(N4CCCCC4=O)cc2)CC3)cc1. The Balaban J connectivity index is 1.32. The number of nitrogens with one attached hydrogen (secondary N) is 1. The summed E-state index contributed by atoms with van der Waals surface area (Å²) in [5.74, 6) is 0.912. The minimum atomic E-state index is -0.398. The number of piperidine rings is 1. The second-order valence-corrected chi connectivity index (χ2v) is 10.5. The number of carbonyl (C=O) groups is 2. The Kier molecular flexibility index (Phi) is 6.61. The molecule has 11 heteroatoms. The van der Waals surface area contributed by atoms with Crippen LogP contribution in [0.25, 0.3) is 22.9 Å². The van der Waals surface area contributed by atoms with E-state index < -0.39 is 5.69 Å². The van der Waals surface area contributed by atoms with E-state index in [9.17, 15) is 14.4 Å². The van der Waals surface area contributed by atoms with Gasteiger partial charge in [0.15, 0.2) is 5.82 Å². The Morgan fingerprint density at radius 3 is 2.14 bits per heavy atom. The molecule has 0 unspecified atom stereocenters. The van der Waals surface area contributed by atoms with Gasteiger partial charge in [0, 0.05) is 36.4 Å². The van der Waals surface area contributed by atoms with Crippen LogP contribution in [0.5, 0.6) is 5.75 Å². The molecule has 0 radical (unpaired) electrons. The van der Waals surface area contributed by atoms with E-state index in [0.29, 0.717) is 65.8 Å². The number of methoxy groups -OCH3 is 1. The molecular formula is C32H29N7O4. The summed E-state index contributed by atoms with van der Waals surface area (Å²) in [5.41, 5.74) is 4.04. The lowest BCUT2D eigenvalue weighted by Crippen LogP contribution is -2.39. The molecule has 1 saturated heterocycles. The lowest BCUT2D eigenvalue weighted by Gasteiger charge is -2.29. The molecule has 2 aliphatic heterocycles. The number of nitrogens with zero attached hydrogens (tertiary/aromatic N) is 6. The van der Waals surface area contributed by atoms with Crippen molar-refractivity contribution in [2.45, 2.75) is 25.7 Å². The van der Waals surface area contributed by atoms with Crippen molar-refractivity contribution in [3.63, 3.8) is 0 Å². The Hall–Kier alpha value is -5.45. The zero-order chi connectivity index (χ0) is 29.5. The van der Waals surface area contributed by atoms with Crippen LogP contribution in [0.1, 0.15) is 35.3 Å². The fourth-order valence-corrected chi connectivity index (χ4v) is 5.86. The Bertz CT molecular complexity index is 1870. The predicted octanol–water partition coefficient (Wildman–Crippen LogP) is 4.14. The minimum absolute atomic E-state index is 0.126. The van der Waals surface area contributed by atoms with Crippen molar-refractivity contribution in [1.82, 2.24) is 24.5 Å². The van der Waals surface area contributed by atoms with Crippen molar-refractivity contribution in [2.24, 2.45) is 0 Å². The van der Waals surface area contributed by atoms with Crippen molar-refractivity contribution in [3.05, 3.63) is 101 Å². The monoisotopic (exact) mass is 575 g/mol. The van der Waals surface area contributed by atoms with Crippen LogP contribution in [-0.2, 0) is 11.2 Å². The average Bonchev–Trinajstić information content (AvgIpc) is 3.63. The quantitative estimate of drug-likeness (QED) is 0.325. The van der Waals surface area contributed by atoms with Gasteiger partial charge in [-0.15, -0.1) is 0 Å². The first kappa shape index (κ1) is 26.4. The van der Waals surface area contributed by atoms with Gasteiger partial charge in [-0.3, -0.25) is 9.59 Å². The van der Waals surface area contributed by atoms with Crippen LogP contribution in [0, 0.1) is 0 Å². The van der Waals surface area contributed by atoms with Gasteiger partial charge in [0.25, 0.3) is 5.91 Å². The smallest absolute Gasteiger partial charge is 0.348 e. The van der Waals surface area contributed by atoms with Gasteiger partial charge in [-0.05, 0) is 79.9 Å². The third-order valence-corrected chi connectivity index (χ3v) is 8.03. The van der Waals surface area contributed by atoms with E-state index in [1.54, 1.807) is 16.7 Å². The molecule has 3 aromatic carbocycles. The van der Waals surface area contributed by atoms with E-state index in [4.69, 9.17) is 9.84 Å². The van der Waals surface area contributed by atoms with E-state index in [1.807, 2.05) is 83.8 Å². The maximum Gasteiger partial charge on any atom is 0.348 e. The maximum atomic E-state index is 14.3. The average molecular weight is 576 g/mol. The number of rotatable bonds is 6. The number of benzene rings is 3. The first-order valence-corrected chi connectivity index (χ1v) is 14.3. The molecule has 43 heavy (non-hydrogen) atoms. The highest BCUT2D eigenvalue weighted by Crippen LogP contribution is 2.34. The molecule has 2 aliphatic rings. The highest BCUT2D eigenvalue weighted by atomic mass is 16.5. The molecule has 0 spiro atoms. The summed E-state index contributed by atoms with van der Waals surface area (Å²) >= 11 is 0. The molecule has 2 aromatic heterocycles. The summed E-state index contributed by atoms with van der Waals surface area (Å²) in [7, 11) is 1.59. The third-order valence-electron chi connectivity index (χ3n) is 8.03. The van der Waals surface area contributed by atoms with Crippen molar-refractivity contribution >= 4 is 23.2 Å². The summed E-state index contributed by atoms with van der Waals surface area (Å²) in [4.78, 5) is 43.1. The van der Waals surface area contributed by atoms with Gasteiger partial charge in [0.05, 0.1) is 18.5 Å². The first-order chi connectivity index (χ1) is 21.0. The Morgan fingerprint density at radius 2 is 1.44 bits per heavy atom. The van der Waals surface area contributed by atoms with E-state index in [-0.39, 0.29) is 11.8 Å². The molecule has 11 nitrogen and oxygen atoms in total. The van der Waals surface area contributed by atoms with Crippen LogP contribution in [0.4, 0.5) is 11.4 Å². The number of anilines is 2. The lowest BCUT2D eigenvalue weighted by atomic mass is 10.0. The lowest BCUT2D eigenvalue weighted by molar-refractivity contribution is -0.119. The molecule has 216 valence electrons. The number of para-hydroxylation sites is 1. The van der Waals surface area contributed by atoms with Crippen molar-refractivity contribution < 1.29 is 14.3 Å². The van der Waals surface area contributed by atoms with Crippen molar-refractivity contribution in [1.29, 1.82) is 0 Å². The Labute approximate surface area is 246 Å². The van der Waals surface area contributed by atoms with Crippen LogP contribution < -0.4 is 20.2 Å². The van der Waals surface area contributed by atoms with Gasteiger partial charge in [-0.1, -0.05) is 18.2 Å². The van der Waals surface area contributed by atoms with E-state index in [2.05, 4.69) is 10.2 Å². The number of aromatic nitrogens is 5. The number of fused-ring (bicyclic) bond motifs is 1. The zero-order valence-corrected chi connectivity index (χ0v) is 23.6. The van der Waals surface area contributed by atoms with E-state index >= 15 is 0 Å². The topological polar surface area (TPSA) is 118 Å². The molecule has 7 rings (SSSR count). The summed E-state index contributed by atoms with van der Waals surface area (Å²) in [6.07, 6.45) is 2.95. The summed E-state index contributed by atoms with van der Waals surface area (Å²) in [6, 6.07) is 24.1. The van der Waals surface area contributed by atoms with Crippen LogP contribution in [0.15, 0.2) is 83.7 Å².